The first-order chi connectivity index (χ1) is 13.8. The largest absolute Gasteiger partial charge is 0.301 e. The molecule has 29 heavy (non-hydrogen) atoms. The van der Waals surface area contributed by atoms with Crippen molar-refractivity contribution in [3.05, 3.63) is 53.6 Å². The number of rotatable bonds is 4. The highest BCUT2D eigenvalue weighted by Gasteiger charge is 2.39. The Kier molecular flexibility index (Phi) is 5.09. The maximum Gasteiger partial charge on any atom is 0.244 e. The van der Waals surface area contributed by atoms with Crippen molar-refractivity contribution in [2.24, 2.45) is 0 Å². The van der Waals surface area contributed by atoms with Crippen molar-refractivity contribution in [2.75, 3.05) is 11.9 Å². The SMILES string of the molecule is Cc1ccc(S(=O)(=O)N2CCCC2C(=O)Nc2nc3c(F)cc(F)cc3s2)cc1. The lowest BCUT2D eigenvalue weighted by atomic mass is 10.2. The van der Waals surface area contributed by atoms with Crippen LogP contribution in [-0.2, 0) is 14.8 Å². The Balaban J connectivity index is 1.58. The molecule has 1 N–H and O–H groups in total. The number of aromatic nitrogens is 1. The Hall–Kier alpha value is -2.43. The number of nitrogens with one attached hydrogen (secondary N) is 1. The maximum absolute atomic E-state index is 13.8. The molecule has 1 unspecified atom stereocenters. The van der Waals surface area contributed by atoms with Crippen LogP contribution in [0, 0.1) is 18.6 Å². The van der Waals surface area contributed by atoms with Gasteiger partial charge in [0.2, 0.25) is 15.9 Å². The molecule has 4 rings (SSSR count). The number of hydrogen-bond donors (Lipinski definition) is 1. The number of amides is 1. The van der Waals surface area contributed by atoms with E-state index in [1.807, 2.05) is 6.92 Å². The lowest BCUT2D eigenvalue weighted by Gasteiger charge is -2.23. The van der Waals surface area contributed by atoms with E-state index < -0.39 is 33.6 Å². The van der Waals surface area contributed by atoms with Crippen molar-refractivity contribution in [3.8, 4) is 0 Å². The first kappa shape index (κ1) is 19.9. The van der Waals surface area contributed by atoms with Gasteiger partial charge in [0.05, 0.1) is 9.60 Å². The Morgan fingerprint density at radius 1 is 1.24 bits per heavy atom. The van der Waals surface area contributed by atoms with Gasteiger partial charge in [0, 0.05) is 12.6 Å². The van der Waals surface area contributed by atoms with Gasteiger partial charge in [-0.1, -0.05) is 29.0 Å². The first-order valence-electron chi connectivity index (χ1n) is 8.90. The third-order valence-corrected chi connectivity index (χ3v) is 7.62. The van der Waals surface area contributed by atoms with E-state index in [0.29, 0.717) is 12.8 Å². The highest BCUT2D eigenvalue weighted by atomic mass is 32.2. The highest BCUT2D eigenvalue weighted by Crippen LogP contribution is 2.31. The van der Waals surface area contributed by atoms with Crippen molar-refractivity contribution in [1.82, 2.24) is 9.29 Å². The summed E-state index contributed by atoms with van der Waals surface area (Å²) in [4.78, 5) is 16.9. The van der Waals surface area contributed by atoms with E-state index in [0.717, 1.165) is 29.0 Å². The number of nitrogens with zero attached hydrogens (tertiary/aromatic N) is 2. The van der Waals surface area contributed by atoms with Gasteiger partial charge in [-0.05, 0) is 38.0 Å². The smallest absolute Gasteiger partial charge is 0.244 e. The van der Waals surface area contributed by atoms with Crippen LogP contribution < -0.4 is 5.32 Å². The molecule has 0 saturated carbocycles. The molecule has 0 bridgehead atoms. The molecule has 3 aromatic rings. The molecule has 1 aliphatic rings. The second-order valence-corrected chi connectivity index (χ2v) is 9.75. The molecule has 1 aromatic heterocycles. The molecule has 1 amide bonds. The lowest BCUT2D eigenvalue weighted by Crippen LogP contribution is -2.43. The third-order valence-electron chi connectivity index (χ3n) is 4.78. The van der Waals surface area contributed by atoms with E-state index in [-0.39, 0.29) is 26.8 Å². The predicted octanol–water partition coefficient (Wildman–Crippen LogP) is 3.67. The molecular formula is C19H17F2N3O3S2. The molecule has 6 nitrogen and oxygen atoms in total. The number of thiazole rings is 1. The summed E-state index contributed by atoms with van der Waals surface area (Å²) >= 11 is 0.928. The van der Waals surface area contributed by atoms with Gasteiger partial charge in [-0.3, -0.25) is 4.79 Å². The van der Waals surface area contributed by atoms with Gasteiger partial charge in [-0.15, -0.1) is 0 Å². The standard InChI is InChI=1S/C19H17F2N3O3S2/c1-11-4-6-13(7-5-11)29(26,27)24-8-2-3-15(24)18(25)23-19-22-17-14(21)9-12(20)10-16(17)28-19/h4-7,9-10,15H,2-3,8H2,1H3,(H,22,23,25). The molecule has 1 atom stereocenters. The molecule has 1 saturated heterocycles. The molecule has 0 aliphatic carbocycles. The average Bonchev–Trinajstić information content (AvgIpc) is 3.29. The summed E-state index contributed by atoms with van der Waals surface area (Å²) < 4.78 is 54.6. The molecule has 152 valence electrons. The predicted molar refractivity (Wildman–Crippen MR) is 106 cm³/mol. The molecule has 0 spiro atoms. The van der Waals surface area contributed by atoms with Gasteiger partial charge in [-0.2, -0.15) is 4.31 Å². The fourth-order valence-electron chi connectivity index (χ4n) is 3.33. The minimum absolute atomic E-state index is 0.0396. The van der Waals surface area contributed by atoms with E-state index in [9.17, 15) is 22.0 Å². The van der Waals surface area contributed by atoms with Crippen LogP contribution in [0.5, 0.6) is 0 Å². The molecule has 2 heterocycles. The number of fused-ring (bicyclic) bond motifs is 1. The summed E-state index contributed by atoms with van der Waals surface area (Å²) in [5.41, 5.74) is 0.890. The number of carbonyl (C=O) groups is 1. The van der Waals surface area contributed by atoms with Crippen LogP contribution in [0.1, 0.15) is 18.4 Å². The van der Waals surface area contributed by atoms with Crippen molar-refractivity contribution in [1.29, 1.82) is 0 Å². The summed E-state index contributed by atoms with van der Waals surface area (Å²) in [5, 5.41) is 2.65. The van der Waals surface area contributed by atoms with Crippen LogP contribution in [0.15, 0.2) is 41.3 Å². The minimum Gasteiger partial charge on any atom is -0.301 e. The van der Waals surface area contributed by atoms with Crippen molar-refractivity contribution >= 4 is 42.6 Å². The Morgan fingerprint density at radius 3 is 2.69 bits per heavy atom. The number of anilines is 1. The molecule has 1 fully saturated rings. The highest BCUT2D eigenvalue weighted by molar-refractivity contribution is 7.89. The minimum atomic E-state index is -3.83. The quantitative estimate of drug-likeness (QED) is 0.675. The molecule has 10 heteroatoms. The van der Waals surface area contributed by atoms with Gasteiger partial charge in [0.15, 0.2) is 10.9 Å². The first-order valence-corrected chi connectivity index (χ1v) is 11.2. The molecule has 0 radical (unpaired) electrons. The zero-order chi connectivity index (χ0) is 20.8. The van der Waals surface area contributed by atoms with Crippen LogP contribution in [0.4, 0.5) is 13.9 Å². The fourth-order valence-corrected chi connectivity index (χ4v) is 5.90. The van der Waals surface area contributed by atoms with E-state index in [4.69, 9.17) is 0 Å². The lowest BCUT2D eigenvalue weighted by molar-refractivity contribution is -0.119. The van der Waals surface area contributed by atoms with Crippen LogP contribution in [-0.4, -0.2) is 36.2 Å². The van der Waals surface area contributed by atoms with Gasteiger partial charge >= 0.3 is 0 Å². The third kappa shape index (κ3) is 3.75. The van der Waals surface area contributed by atoms with Crippen LogP contribution in [0.25, 0.3) is 10.2 Å². The monoisotopic (exact) mass is 437 g/mol. The number of hydrogen-bond acceptors (Lipinski definition) is 5. The van der Waals surface area contributed by atoms with E-state index in [1.165, 1.54) is 16.4 Å². The van der Waals surface area contributed by atoms with Gasteiger partial charge < -0.3 is 5.32 Å². The molecular weight excluding hydrogens is 420 g/mol. The van der Waals surface area contributed by atoms with E-state index in [2.05, 4.69) is 10.3 Å². The summed E-state index contributed by atoms with van der Waals surface area (Å²) in [6, 6.07) is 7.40. The zero-order valence-corrected chi connectivity index (χ0v) is 17.0. The second kappa shape index (κ2) is 7.43. The summed E-state index contributed by atoms with van der Waals surface area (Å²) in [5.74, 6) is -2.10. The summed E-state index contributed by atoms with van der Waals surface area (Å²) in [6.07, 6.45) is 0.910. The number of carbonyl (C=O) groups excluding carboxylic acids is 1. The van der Waals surface area contributed by atoms with Gasteiger partial charge in [0.25, 0.3) is 0 Å². The summed E-state index contributed by atoms with van der Waals surface area (Å²) in [6.45, 7) is 2.09. The van der Waals surface area contributed by atoms with E-state index in [1.54, 1.807) is 12.1 Å². The molecule has 2 aromatic carbocycles. The van der Waals surface area contributed by atoms with Crippen molar-refractivity contribution in [3.63, 3.8) is 0 Å². The van der Waals surface area contributed by atoms with Crippen LogP contribution >= 0.6 is 11.3 Å². The second-order valence-electron chi connectivity index (χ2n) is 6.83. The van der Waals surface area contributed by atoms with Gasteiger partial charge in [-0.25, -0.2) is 22.2 Å². The summed E-state index contributed by atoms with van der Waals surface area (Å²) in [7, 11) is -3.83. The number of aryl methyl sites for hydroxylation is 1. The normalized spacial score (nSPS) is 17.7. The van der Waals surface area contributed by atoms with Crippen molar-refractivity contribution < 1.29 is 22.0 Å². The van der Waals surface area contributed by atoms with E-state index >= 15 is 0 Å². The zero-order valence-electron chi connectivity index (χ0n) is 15.4. The average molecular weight is 437 g/mol. The fraction of sp³-hybridized carbons (Fsp3) is 0.263. The maximum atomic E-state index is 13.8. The Bertz CT molecular complexity index is 1190. The number of benzene rings is 2. The Labute approximate surface area is 170 Å². The van der Waals surface area contributed by atoms with Crippen LogP contribution in [0.2, 0.25) is 0 Å². The number of sulfonamides is 1. The van der Waals surface area contributed by atoms with Crippen LogP contribution in [0.3, 0.4) is 0 Å². The topological polar surface area (TPSA) is 79.4 Å². The molecule has 1 aliphatic heterocycles. The Morgan fingerprint density at radius 2 is 1.97 bits per heavy atom. The number of halogens is 2. The van der Waals surface area contributed by atoms with Gasteiger partial charge in [0.1, 0.15) is 17.4 Å². The van der Waals surface area contributed by atoms with Crippen molar-refractivity contribution in [2.45, 2.75) is 30.7 Å².